The zero-order chi connectivity index (χ0) is 13.9. The third-order valence-electron chi connectivity index (χ3n) is 2.11. The van der Waals surface area contributed by atoms with Crippen molar-refractivity contribution in [3.63, 3.8) is 0 Å². The Hall–Kier alpha value is -0.190. The lowest BCUT2D eigenvalue weighted by Gasteiger charge is -2.25. The highest BCUT2D eigenvalue weighted by Crippen LogP contribution is 2.31. The van der Waals surface area contributed by atoms with Crippen LogP contribution < -0.4 is 0 Å². The van der Waals surface area contributed by atoms with Crippen LogP contribution in [0.3, 0.4) is 0 Å². The van der Waals surface area contributed by atoms with Crippen LogP contribution in [0.5, 0.6) is 0 Å². The summed E-state index contributed by atoms with van der Waals surface area (Å²) in [5.74, 6) is -2.12. The van der Waals surface area contributed by atoms with Gasteiger partial charge in [-0.3, -0.25) is 9.59 Å². The second-order valence-electron chi connectivity index (χ2n) is 4.43. The molecule has 4 nitrogen and oxygen atoms in total. The van der Waals surface area contributed by atoms with Crippen LogP contribution in [-0.4, -0.2) is 27.4 Å². The number of hydrogen-bond donors (Lipinski definition) is 1. The molecule has 1 N–H and O–H groups in total. The molecular weight excluding hydrogens is 290 g/mol. The summed E-state index contributed by atoms with van der Waals surface area (Å²) in [5.41, 5.74) is -1.62. The third kappa shape index (κ3) is 5.80. The summed E-state index contributed by atoms with van der Waals surface area (Å²) in [6.45, 7) is 4.44. The molecule has 0 heterocycles. The fourth-order valence-corrected chi connectivity index (χ4v) is 1.54. The van der Waals surface area contributed by atoms with Crippen LogP contribution in [0, 0.1) is 11.3 Å². The minimum Gasteiger partial charge on any atom is -0.480 e. The van der Waals surface area contributed by atoms with E-state index in [-0.39, 0.29) is 12.3 Å². The molecule has 0 rings (SSSR count). The fourth-order valence-electron chi connectivity index (χ4n) is 1.38. The summed E-state index contributed by atoms with van der Waals surface area (Å²) in [4.78, 5) is 22.8. The number of ether oxygens (including phenoxy) is 1. The lowest BCUT2D eigenvalue weighted by atomic mass is 9.82. The van der Waals surface area contributed by atoms with Gasteiger partial charge in [0, 0.05) is 0 Å². The Bertz CT molecular complexity index is 298. The lowest BCUT2D eigenvalue weighted by molar-refractivity contribution is -0.168. The minimum absolute atomic E-state index is 0.0245. The molecular formula is C10H15Cl3O4. The Morgan fingerprint density at radius 2 is 1.76 bits per heavy atom. The van der Waals surface area contributed by atoms with E-state index in [0.717, 1.165) is 0 Å². The van der Waals surface area contributed by atoms with E-state index in [2.05, 4.69) is 0 Å². The van der Waals surface area contributed by atoms with Gasteiger partial charge in [-0.2, -0.15) is 0 Å². The zero-order valence-electron chi connectivity index (χ0n) is 9.80. The van der Waals surface area contributed by atoms with Gasteiger partial charge in [-0.1, -0.05) is 48.7 Å². The highest BCUT2D eigenvalue weighted by atomic mass is 35.6. The fraction of sp³-hybridized carbons (Fsp3) is 0.800. The number of carbonyl (C=O) groups excluding carboxylic acids is 1. The van der Waals surface area contributed by atoms with Crippen molar-refractivity contribution in [2.24, 2.45) is 11.3 Å². The minimum atomic E-state index is -1.74. The summed E-state index contributed by atoms with van der Waals surface area (Å²) in [6, 6.07) is 0. The first-order valence-electron chi connectivity index (χ1n) is 4.96. The van der Waals surface area contributed by atoms with E-state index in [1.54, 1.807) is 0 Å². The first kappa shape index (κ1) is 16.8. The molecule has 0 unspecified atom stereocenters. The quantitative estimate of drug-likeness (QED) is 0.482. The van der Waals surface area contributed by atoms with Crippen molar-refractivity contribution in [1.82, 2.24) is 0 Å². The van der Waals surface area contributed by atoms with Gasteiger partial charge in [0.05, 0.1) is 0 Å². The van der Waals surface area contributed by atoms with E-state index in [9.17, 15) is 9.59 Å². The molecule has 0 aliphatic rings. The molecule has 1 atom stereocenters. The molecule has 0 saturated carbocycles. The highest BCUT2D eigenvalue weighted by molar-refractivity contribution is 6.67. The van der Waals surface area contributed by atoms with E-state index in [0.29, 0.717) is 0 Å². The Balaban J connectivity index is 4.73. The molecule has 0 amide bonds. The van der Waals surface area contributed by atoms with Crippen LogP contribution in [0.1, 0.15) is 27.2 Å². The maximum absolute atomic E-state index is 11.7. The van der Waals surface area contributed by atoms with E-state index >= 15 is 0 Å². The maximum atomic E-state index is 11.7. The average Bonchev–Trinajstić information content (AvgIpc) is 2.11. The van der Waals surface area contributed by atoms with Crippen molar-refractivity contribution in [2.75, 3.05) is 6.61 Å². The average molecular weight is 306 g/mol. The van der Waals surface area contributed by atoms with E-state index < -0.39 is 27.8 Å². The molecule has 0 radical (unpaired) electrons. The molecule has 17 heavy (non-hydrogen) atoms. The molecule has 100 valence electrons. The van der Waals surface area contributed by atoms with Crippen LogP contribution in [0.25, 0.3) is 0 Å². The number of esters is 1. The molecule has 0 spiro atoms. The summed E-state index contributed by atoms with van der Waals surface area (Å²) in [6.07, 6.45) is 0.154. The van der Waals surface area contributed by atoms with Crippen molar-refractivity contribution < 1.29 is 19.4 Å². The van der Waals surface area contributed by atoms with E-state index in [1.165, 1.54) is 6.92 Å². The Labute approximate surface area is 115 Å². The third-order valence-corrected chi connectivity index (χ3v) is 2.43. The lowest BCUT2D eigenvalue weighted by Crippen LogP contribution is -2.40. The van der Waals surface area contributed by atoms with Crippen LogP contribution in [0.4, 0.5) is 0 Å². The van der Waals surface area contributed by atoms with Crippen LogP contribution >= 0.6 is 34.8 Å². The standard InChI is InChI=1S/C10H15Cl3O4/c1-6(2)4-9(3,7(14)15)8(16)17-5-10(11,12)13/h6H,4-5H2,1-3H3,(H,14,15)/t9-/m1/s1. The van der Waals surface area contributed by atoms with Gasteiger partial charge in [0.25, 0.3) is 0 Å². The Kier molecular flexibility index (Phi) is 6.05. The van der Waals surface area contributed by atoms with Crippen molar-refractivity contribution in [2.45, 2.75) is 31.0 Å². The molecule has 0 saturated heterocycles. The first-order chi connectivity index (χ1) is 7.49. The van der Waals surface area contributed by atoms with Crippen LogP contribution in [0.15, 0.2) is 0 Å². The predicted octanol–water partition coefficient (Wildman–Crippen LogP) is 3.04. The molecule has 0 aromatic heterocycles. The number of halogens is 3. The summed E-state index contributed by atoms with van der Waals surface area (Å²) >= 11 is 16.3. The zero-order valence-corrected chi connectivity index (χ0v) is 12.1. The van der Waals surface area contributed by atoms with Gasteiger partial charge < -0.3 is 9.84 Å². The first-order valence-corrected chi connectivity index (χ1v) is 6.10. The van der Waals surface area contributed by atoms with E-state index in [4.69, 9.17) is 44.6 Å². The van der Waals surface area contributed by atoms with Crippen molar-refractivity contribution in [1.29, 1.82) is 0 Å². The van der Waals surface area contributed by atoms with Crippen LogP contribution in [0.2, 0.25) is 0 Å². The molecule has 7 heteroatoms. The van der Waals surface area contributed by atoms with E-state index in [1.807, 2.05) is 13.8 Å². The number of carboxylic acid groups (broad SMARTS) is 1. The smallest absolute Gasteiger partial charge is 0.323 e. The van der Waals surface area contributed by atoms with Crippen molar-refractivity contribution in [3.05, 3.63) is 0 Å². The number of alkyl halides is 3. The maximum Gasteiger partial charge on any atom is 0.323 e. The normalized spacial score (nSPS) is 15.5. The van der Waals surface area contributed by atoms with Gasteiger partial charge in [0.15, 0.2) is 5.41 Å². The number of rotatable bonds is 5. The van der Waals surface area contributed by atoms with Gasteiger partial charge in [0.2, 0.25) is 3.79 Å². The van der Waals surface area contributed by atoms with Gasteiger partial charge in [-0.25, -0.2) is 0 Å². The van der Waals surface area contributed by atoms with Crippen molar-refractivity contribution >= 4 is 46.7 Å². The number of hydrogen-bond acceptors (Lipinski definition) is 3. The topological polar surface area (TPSA) is 63.6 Å². The number of carbonyl (C=O) groups is 2. The van der Waals surface area contributed by atoms with Gasteiger partial charge >= 0.3 is 11.9 Å². The second-order valence-corrected chi connectivity index (χ2v) is 6.94. The Morgan fingerprint density at radius 3 is 2.06 bits per heavy atom. The molecule has 0 aliphatic carbocycles. The highest BCUT2D eigenvalue weighted by Gasteiger charge is 2.44. The van der Waals surface area contributed by atoms with Gasteiger partial charge in [-0.05, 0) is 19.3 Å². The Morgan fingerprint density at radius 1 is 1.29 bits per heavy atom. The summed E-state index contributed by atoms with van der Waals surface area (Å²) < 4.78 is 2.98. The molecule has 0 aromatic carbocycles. The monoisotopic (exact) mass is 304 g/mol. The van der Waals surface area contributed by atoms with Crippen LogP contribution in [-0.2, 0) is 14.3 Å². The molecule has 0 aromatic rings. The SMILES string of the molecule is CC(C)C[C@](C)(C(=O)O)C(=O)OCC(Cl)(Cl)Cl. The number of carboxylic acids is 1. The molecule has 0 bridgehead atoms. The summed E-state index contributed by atoms with van der Waals surface area (Å²) in [7, 11) is 0. The largest absolute Gasteiger partial charge is 0.480 e. The molecule has 0 fully saturated rings. The van der Waals surface area contributed by atoms with Gasteiger partial charge in [-0.15, -0.1) is 0 Å². The van der Waals surface area contributed by atoms with Gasteiger partial charge in [0.1, 0.15) is 6.61 Å². The second kappa shape index (κ2) is 6.12. The molecule has 0 aliphatic heterocycles. The number of aliphatic carboxylic acids is 1. The predicted molar refractivity (Wildman–Crippen MR) is 66.4 cm³/mol. The van der Waals surface area contributed by atoms with Crippen molar-refractivity contribution in [3.8, 4) is 0 Å². The summed E-state index contributed by atoms with van der Waals surface area (Å²) in [5, 5.41) is 9.08.